The zero-order valence-electron chi connectivity index (χ0n) is 11.2. The summed E-state index contributed by atoms with van der Waals surface area (Å²) in [6, 6.07) is 12.4. The highest BCUT2D eigenvalue weighted by molar-refractivity contribution is 7.92. The number of sulfonamides is 1. The lowest BCUT2D eigenvalue weighted by atomic mass is 10.3. The molecule has 0 aliphatic rings. The Morgan fingerprint density at radius 2 is 1.76 bits per heavy atom. The van der Waals surface area contributed by atoms with Crippen molar-refractivity contribution in [3.05, 3.63) is 48.5 Å². The number of hydrogen-bond donors (Lipinski definition) is 4. The molecule has 112 valence electrons. The zero-order valence-corrected chi connectivity index (χ0v) is 12.0. The van der Waals surface area contributed by atoms with Gasteiger partial charge in [0.15, 0.2) is 0 Å². The molecular weight excluding hydrogens is 292 g/mol. The number of rotatable bonds is 6. The molecule has 0 unspecified atom stereocenters. The van der Waals surface area contributed by atoms with E-state index in [1.54, 1.807) is 30.3 Å². The van der Waals surface area contributed by atoms with Gasteiger partial charge in [-0.15, -0.1) is 0 Å². The van der Waals surface area contributed by atoms with Crippen LogP contribution in [0.3, 0.4) is 0 Å². The van der Waals surface area contributed by atoms with Gasteiger partial charge >= 0.3 is 0 Å². The van der Waals surface area contributed by atoms with Crippen molar-refractivity contribution < 1.29 is 18.6 Å². The molecule has 0 saturated heterocycles. The Balaban J connectivity index is 2.27. The summed E-state index contributed by atoms with van der Waals surface area (Å²) in [6.45, 7) is 0.0852. The van der Waals surface area contributed by atoms with Crippen LogP contribution in [0, 0.1) is 0 Å². The third kappa shape index (κ3) is 3.87. The fourth-order valence-electron chi connectivity index (χ4n) is 1.73. The van der Waals surface area contributed by atoms with Crippen LogP contribution in [-0.4, -0.2) is 31.8 Å². The van der Waals surface area contributed by atoms with Gasteiger partial charge in [-0.05, 0) is 30.3 Å². The summed E-state index contributed by atoms with van der Waals surface area (Å²) < 4.78 is 27.0. The lowest BCUT2D eigenvalue weighted by Gasteiger charge is -2.11. The highest BCUT2D eigenvalue weighted by atomic mass is 32.2. The lowest BCUT2D eigenvalue weighted by Crippen LogP contribution is -2.13. The predicted molar refractivity (Wildman–Crippen MR) is 80.9 cm³/mol. The number of phenolic OH excluding ortho intramolecular Hbond substituents is 1. The average molecular weight is 308 g/mol. The first-order chi connectivity index (χ1) is 10.0. The fourth-order valence-corrected chi connectivity index (χ4v) is 2.82. The minimum Gasteiger partial charge on any atom is -0.506 e. The normalized spacial score (nSPS) is 11.1. The molecule has 0 saturated carbocycles. The van der Waals surface area contributed by atoms with Gasteiger partial charge in [0, 0.05) is 12.2 Å². The number of phenols is 1. The molecule has 0 amide bonds. The van der Waals surface area contributed by atoms with Crippen LogP contribution in [0.1, 0.15) is 0 Å². The molecule has 0 fully saturated rings. The topological polar surface area (TPSA) is 98.7 Å². The van der Waals surface area contributed by atoms with E-state index in [-0.39, 0.29) is 29.5 Å². The Kier molecular flexibility index (Phi) is 4.66. The molecule has 0 bridgehead atoms. The second-order valence-corrected chi connectivity index (χ2v) is 5.98. The second-order valence-electron chi connectivity index (χ2n) is 4.30. The van der Waals surface area contributed by atoms with Crippen molar-refractivity contribution in [2.24, 2.45) is 0 Å². The van der Waals surface area contributed by atoms with E-state index in [1.807, 2.05) is 0 Å². The van der Waals surface area contributed by atoms with E-state index in [0.717, 1.165) is 0 Å². The summed E-state index contributed by atoms with van der Waals surface area (Å²) in [7, 11) is -3.74. The monoisotopic (exact) mass is 308 g/mol. The van der Waals surface area contributed by atoms with Crippen molar-refractivity contribution >= 4 is 21.4 Å². The molecule has 0 radical (unpaired) electrons. The van der Waals surface area contributed by atoms with Crippen molar-refractivity contribution in [3.63, 3.8) is 0 Å². The van der Waals surface area contributed by atoms with Gasteiger partial charge in [-0.25, -0.2) is 8.42 Å². The zero-order chi connectivity index (χ0) is 15.3. The van der Waals surface area contributed by atoms with Crippen molar-refractivity contribution in [2.75, 3.05) is 23.2 Å². The third-order valence-corrected chi connectivity index (χ3v) is 4.11. The minimum absolute atomic E-state index is 0.0181. The molecule has 4 N–H and O–H groups in total. The van der Waals surface area contributed by atoms with Gasteiger partial charge in [-0.3, -0.25) is 4.72 Å². The summed E-state index contributed by atoms with van der Waals surface area (Å²) in [5.41, 5.74) is 0.704. The van der Waals surface area contributed by atoms with E-state index in [1.165, 1.54) is 18.2 Å². The molecule has 0 heterocycles. The first-order valence-corrected chi connectivity index (χ1v) is 7.77. The number of anilines is 2. The maximum absolute atomic E-state index is 12.3. The smallest absolute Gasteiger partial charge is 0.261 e. The molecule has 0 aromatic heterocycles. The highest BCUT2D eigenvalue weighted by Crippen LogP contribution is 2.27. The summed E-state index contributed by atoms with van der Waals surface area (Å²) in [4.78, 5) is 0.0181. The second kappa shape index (κ2) is 6.47. The fraction of sp³-hybridized carbons (Fsp3) is 0.143. The van der Waals surface area contributed by atoms with Crippen LogP contribution in [0.4, 0.5) is 11.4 Å². The molecule has 2 aromatic carbocycles. The van der Waals surface area contributed by atoms with Crippen LogP contribution in [-0.2, 0) is 10.0 Å². The van der Waals surface area contributed by atoms with Crippen LogP contribution in [0.5, 0.6) is 5.75 Å². The number of aliphatic hydroxyl groups excluding tert-OH is 1. The Bertz CT molecular complexity index is 702. The number of benzene rings is 2. The van der Waals surface area contributed by atoms with Crippen LogP contribution >= 0.6 is 0 Å². The van der Waals surface area contributed by atoms with Gasteiger partial charge < -0.3 is 15.5 Å². The van der Waals surface area contributed by atoms with Gasteiger partial charge in [0.1, 0.15) is 5.75 Å². The van der Waals surface area contributed by atoms with Crippen molar-refractivity contribution in [1.82, 2.24) is 0 Å². The summed E-state index contributed by atoms with van der Waals surface area (Å²) in [5.74, 6) is -0.0814. The molecule has 7 heteroatoms. The molecule has 0 aliphatic carbocycles. The molecule has 21 heavy (non-hydrogen) atoms. The Hall–Kier alpha value is -2.25. The van der Waals surface area contributed by atoms with Crippen LogP contribution < -0.4 is 10.0 Å². The van der Waals surface area contributed by atoms with Crippen LogP contribution in [0.25, 0.3) is 0 Å². The molecular formula is C14H16N2O4S. The highest BCUT2D eigenvalue weighted by Gasteiger charge is 2.16. The molecule has 6 nitrogen and oxygen atoms in total. The number of para-hydroxylation sites is 1. The maximum atomic E-state index is 12.3. The van der Waals surface area contributed by atoms with Crippen LogP contribution in [0.2, 0.25) is 0 Å². The summed E-state index contributed by atoms with van der Waals surface area (Å²) in [5, 5.41) is 21.2. The number of nitrogens with one attached hydrogen (secondary N) is 2. The van der Waals surface area contributed by atoms with E-state index < -0.39 is 10.0 Å². The number of aromatic hydroxyl groups is 1. The predicted octanol–water partition coefficient (Wildman–Crippen LogP) is 1.60. The lowest BCUT2D eigenvalue weighted by molar-refractivity contribution is 0.311. The SMILES string of the molecule is O=S(=O)(Nc1ccccc1)c1ccc(O)c(NCCO)c1. The first kappa shape index (κ1) is 15.1. The van der Waals surface area contributed by atoms with Gasteiger partial charge in [0.2, 0.25) is 0 Å². The summed E-state index contributed by atoms with van der Waals surface area (Å²) >= 11 is 0. The minimum atomic E-state index is -3.74. The van der Waals surface area contributed by atoms with Gasteiger partial charge in [-0.1, -0.05) is 18.2 Å². The third-order valence-electron chi connectivity index (χ3n) is 2.73. The van der Waals surface area contributed by atoms with E-state index in [9.17, 15) is 13.5 Å². The van der Waals surface area contributed by atoms with Gasteiger partial charge in [0.05, 0.1) is 17.2 Å². The van der Waals surface area contributed by atoms with E-state index >= 15 is 0 Å². The molecule has 2 aromatic rings. The number of aliphatic hydroxyl groups is 1. The summed E-state index contributed by atoms with van der Waals surface area (Å²) in [6.07, 6.45) is 0. The molecule has 0 atom stereocenters. The van der Waals surface area contributed by atoms with Crippen molar-refractivity contribution in [3.8, 4) is 5.75 Å². The van der Waals surface area contributed by atoms with Gasteiger partial charge in [0.25, 0.3) is 10.0 Å². The first-order valence-electron chi connectivity index (χ1n) is 6.28. The van der Waals surface area contributed by atoms with Crippen LogP contribution in [0.15, 0.2) is 53.4 Å². The van der Waals surface area contributed by atoms with E-state index in [4.69, 9.17) is 5.11 Å². The standard InChI is InChI=1S/C14H16N2O4S/c17-9-8-15-13-10-12(6-7-14(13)18)21(19,20)16-11-4-2-1-3-5-11/h1-7,10,15-18H,8-9H2. The molecule has 2 rings (SSSR count). The molecule has 0 aliphatic heterocycles. The number of hydrogen-bond acceptors (Lipinski definition) is 5. The van der Waals surface area contributed by atoms with Gasteiger partial charge in [-0.2, -0.15) is 0 Å². The van der Waals surface area contributed by atoms with E-state index in [0.29, 0.717) is 5.69 Å². The molecule has 0 spiro atoms. The Morgan fingerprint density at radius 3 is 2.43 bits per heavy atom. The van der Waals surface area contributed by atoms with Crippen molar-refractivity contribution in [2.45, 2.75) is 4.90 Å². The van der Waals surface area contributed by atoms with Crippen molar-refractivity contribution in [1.29, 1.82) is 0 Å². The Morgan fingerprint density at radius 1 is 1.05 bits per heavy atom. The van der Waals surface area contributed by atoms with E-state index in [2.05, 4.69) is 10.0 Å². The maximum Gasteiger partial charge on any atom is 0.261 e. The quantitative estimate of drug-likeness (QED) is 0.608. The average Bonchev–Trinajstić information content (AvgIpc) is 2.47. The Labute approximate surface area is 123 Å². The largest absolute Gasteiger partial charge is 0.506 e.